The molecule has 0 aliphatic carbocycles. The van der Waals surface area contributed by atoms with Gasteiger partial charge in [-0.25, -0.2) is 4.39 Å². The smallest absolute Gasteiger partial charge is 0.141 e. The van der Waals surface area contributed by atoms with Gasteiger partial charge < -0.3 is 15.8 Å². The number of rotatable bonds is 7. The van der Waals surface area contributed by atoms with Gasteiger partial charge in [-0.2, -0.15) is 0 Å². The second-order valence-electron chi connectivity index (χ2n) is 6.86. The quantitative estimate of drug-likeness (QED) is 0.655. The van der Waals surface area contributed by atoms with Crippen molar-refractivity contribution in [3.05, 3.63) is 71.4 Å². The molecule has 1 aliphatic heterocycles. The summed E-state index contributed by atoms with van der Waals surface area (Å²) in [5.74, 6) is 0.456. The van der Waals surface area contributed by atoms with E-state index in [1.807, 2.05) is 18.3 Å². The number of phenolic OH excluding ortho intramolecular Hbond substituents is 1. The van der Waals surface area contributed by atoms with E-state index in [-0.39, 0.29) is 5.82 Å². The third-order valence-corrected chi connectivity index (χ3v) is 4.88. The third kappa shape index (κ3) is 5.62. The number of halogens is 1. The Hall–Kier alpha value is -2.73. The molecule has 0 saturated carbocycles. The zero-order valence-electron chi connectivity index (χ0n) is 15.2. The Kier molecular flexibility index (Phi) is 6.54. The monoisotopic (exact) mass is 368 g/mol. The van der Waals surface area contributed by atoms with Gasteiger partial charge in [-0.15, -0.1) is 0 Å². The van der Waals surface area contributed by atoms with Gasteiger partial charge in [0.15, 0.2) is 0 Å². The highest BCUT2D eigenvalue weighted by atomic mass is 19.1. The van der Waals surface area contributed by atoms with Crippen LogP contribution in [0.4, 0.5) is 4.39 Å². The molecule has 6 heteroatoms. The zero-order chi connectivity index (χ0) is 19.1. The number of nitrogens with one attached hydrogen (secondary N) is 2. The van der Waals surface area contributed by atoms with Gasteiger partial charge in [0.2, 0.25) is 0 Å². The molecule has 1 saturated heterocycles. The minimum absolute atomic E-state index is 0.325. The summed E-state index contributed by atoms with van der Waals surface area (Å²) in [5, 5.41) is 20.4. The van der Waals surface area contributed by atoms with Crippen LogP contribution >= 0.6 is 0 Å². The average molecular weight is 368 g/mol. The highest BCUT2D eigenvalue weighted by Gasteiger charge is 2.21. The molecule has 0 bridgehead atoms. The predicted molar refractivity (Wildman–Crippen MR) is 104 cm³/mol. The van der Waals surface area contributed by atoms with E-state index in [9.17, 15) is 9.50 Å². The van der Waals surface area contributed by atoms with Gasteiger partial charge in [0.25, 0.3) is 0 Å². The first-order valence-corrected chi connectivity index (χ1v) is 9.18. The van der Waals surface area contributed by atoms with E-state index in [1.54, 1.807) is 12.1 Å². The molecule has 0 unspecified atom stereocenters. The van der Waals surface area contributed by atoms with Crippen molar-refractivity contribution in [1.29, 1.82) is 5.41 Å². The zero-order valence-corrected chi connectivity index (χ0v) is 15.2. The molecular weight excluding hydrogens is 343 g/mol. The summed E-state index contributed by atoms with van der Waals surface area (Å²) >= 11 is 0. The summed E-state index contributed by atoms with van der Waals surface area (Å²) < 4.78 is 12.9. The maximum absolute atomic E-state index is 12.9. The van der Waals surface area contributed by atoms with Crippen molar-refractivity contribution in [1.82, 2.24) is 15.2 Å². The highest BCUT2D eigenvalue weighted by Crippen LogP contribution is 2.29. The van der Waals surface area contributed by atoms with Crippen LogP contribution in [-0.4, -0.2) is 40.8 Å². The Morgan fingerprint density at radius 3 is 2.78 bits per heavy atom. The lowest BCUT2D eigenvalue weighted by Crippen LogP contribution is -2.34. The Morgan fingerprint density at radius 2 is 2.11 bits per heavy atom. The first-order valence-electron chi connectivity index (χ1n) is 9.18. The van der Waals surface area contributed by atoms with E-state index in [1.165, 1.54) is 24.0 Å². The number of hydrogen-bond donors (Lipinski definition) is 3. The number of phenols is 1. The average Bonchev–Trinajstić information content (AvgIpc) is 2.69. The molecule has 1 aromatic carbocycles. The van der Waals surface area contributed by atoms with Gasteiger partial charge in [0, 0.05) is 19.0 Å². The maximum Gasteiger partial charge on any atom is 0.141 e. The van der Waals surface area contributed by atoms with Crippen LogP contribution in [-0.2, 0) is 6.54 Å². The van der Waals surface area contributed by atoms with Crippen LogP contribution in [0.25, 0.3) is 0 Å². The van der Waals surface area contributed by atoms with E-state index in [0.29, 0.717) is 18.2 Å². The fourth-order valence-electron chi connectivity index (χ4n) is 3.39. The summed E-state index contributed by atoms with van der Waals surface area (Å²) in [6.45, 7) is 3.15. The van der Waals surface area contributed by atoms with Crippen LogP contribution in [0.2, 0.25) is 0 Å². The Bertz CT molecular complexity index is 783. The lowest BCUT2D eigenvalue weighted by atomic mass is 9.89. The molecule has 0 radical (unpaired) electrons. The Morgan fingerprint density at radius 1 is 1.30 bits per heavy atom. The fraction of sp³-hybridized carbons (Fsp3) is 0.333. The molecule has 1 aliphatic rings. The van der Waals surface area contributed by atoms with Gasteiger partial charge in [0.1, 0.15) is 11.6 Å². The van der Waals surface area contributed by atoms with Gasteiger partial charge in [-0.1, -0.05) is 12.1 Å². The maximum atomic E-state index is 12.9. The first kappa shape index (κ1) is 19.0. The van der Waals surface area contributed by atoms with Gasteiger partial charge >= 0.3 is 0 Å². The molecule has 0 amide bonds. The highest BCUT2D eigenvalue weighted by molar-refractivity contribution is 5.76. The minimum Gasteiger partial charge on any atom is -0.508 e. The largest absolute Gasteiger partial charge is 0.508 e. The van der Waals surface area contributed by atoms with Crippen LogP contribution in [0.1, 0.15) is 30.0 Å². The van der Waals surface area contributed by atoms with Crippen molar-refractivity contribution in [2.45, 2.75) is 25.3 Å². The van der Waals surface area contributed by atoms with Crippen LogP contribution in [0.5, 0.6) is 5.75 Å². The standard InChI is InChI=1S/C21H25FN4O/c22-19-4-5-20(25-13-19)14-24-12-16(11-23)15-26-8-6-17(7-9-26)18-2-1-3-21(27)10-18/h1-5,10-13,17,23-24,27H,6-9,14-15H2/b16-12+,23-11?. The molecule has 0 spiro atoms. The normalized spacial score (nSPS) is 16.3. The van der Waals surface area contributed by atoms with Crippen molar-refractivity contribution in [3.8, 4) is 5.75 Å². The van der Waals surface area contributed by atoms with Gasteiger partial charge in [-0.3, -0.25) is 9.88 Å². The van der Waals surface area contributed by atoms with E-state index < -0.39 is 0 Å². The van der Waals surface area contributed by atoms with E-state index >= 15 is 0 Å². The predicted octanol–water partition coefficient (Wildman–Crippen LogP) is 3.43. The number of likely N-dealkylation sites (tertiary alicyclic amines) is 1. The minimum atomic E-state index is -0.344. The number of nitrogens with zero attached hydrogens (tertiary/aromatic N) is 2. The van der Waals surface area contributed by atoms with E-state index in [4.69, 9.17) is 5.41 Å². The summed E-state index contributed by atoms with van der Waals surface area (Å²) in [7, 11) is 0. The molecule has 3 rings (SSSR count). The number of piperidine rings is 1. The number of benzene rings is 1. The SMILES string of the molecule is N=C/C(=C\NCc1ccc(F)cn1)CN1CCC(c2cccc(O)c2)CC1. The van der Waals surface area contributed by atoms with Crippen molar-refractivity contribution in [3.63, 3.8) is 0 Å². The van der Waals surface area contributed by atoms with Crippen LogP contribution in [0, 0.1) is 11.2 Å². The summed E-state index contributed by atoms with van der Waals surface area (Å²) in [6, 6.07) is 10.6. The molecule has 27 heavy (non-hydrogen) atoms. The molecule has 1 aromatic heterocycles. The molecule has 142 valence electrons. The second-order valence-corrected chi connectivity index (χ2v) is 6.86. The Balaban J connectivity index is 1.47. The second kappa shape index (κ2) is 9.28. The number of aromatic hydroxyl groups is 1. The molecule has 1 fully saturated rings. The number of hydrogen-bond acceptors (Lipinski definition) is 5. The van der Waals surface area contributed by atoms with Gasteiger partial charge in [0.05, 0.1) is 18.4 Å². The van der Waals surface area contributed by atoms with Crippen LogP contribution in [0.3, 0.4) is 0 Å². The van der Waals surface area contributed by atoms with Crippen LogP contribution < -0.4 is 5.32 Å². The summed E-state index contributed by atoms with van der Waals surface area (Å²) in [4.78, 5) is 6.35. The molecular formula is C21H25FN4O. The molecule has 2 heterocycles. The molecule has 3 N–H and O–H groups in total. The lowest BCUT2D eigenvalue weighted by molar-refractivity contribution is 0.230. The van der Waals surface area contributed by atoms with Crippen molar-refractivity contribution < 1.29 is 9.50 Å². The van der Waals surface area contributed by atoms with Crippen LogP contribution in [0.15, 0.2) is 54.4 Å². The third-order valence-electron chi connectivity index (χ3n) is 4.88. The summed E-state index contributed by atoms with van der Waals surface area (Å²) in [6.07, 6.45) is 6.49. The Labute approximate surface area is 159 Å². The molecule has 2 aromatic rings. The topological polar surface area (TPSA) is 72.2 Å². The molecule has 5 nitrogen and oxygen atoms in total. The van der Waals surface area contributed by atoms with Crippen molar-refractivity contribution >= 4 is 6.21 Å². The lowest BCUT2D eigenvalue weighted by Gasteiger charge is -2.32. The van der Waals surface area contributed by atoms with Crippen molar-refractivity contribution in [2.24, 2.45) is 0 Å². The summed E-state index contributed by atoms with van der Waals surface area (Å²) in [5.41, 5.74) is 2.85. The first-order chi connectivity index (χ1) is 13.1. The van der Waals surface area contributed by atoms with E-state index in [0.717, 1.165) is 43.7 Å². The van der Waals surface area contributed by atoms with E-state index in [2.05, 4.69) is 21.3 Å². The molecule has 0 atom stereocenters. The number of aromatic nitrogens is 1. The number of pyridine rings is 1. The van der Waals surface area contributed by atoms with Gasteiger partial charge in [-0.05, 0) is 67.3 Å². The van der Waals surface area contributed by atoms with Crippen molar-refractivity contribution in [2.75, 3.05) is 19.6 Å². The fourth-order valence-corrected chi connectivity index (χ4v) is 3.39.